The van der Waals surface area contributed by atoms with E-state index in [1.165, 1.54) is 55.4 Å². The average Bonchev–Trinajstić information content (AvgIpc) is 3.44. The van der Waals surface area contributed by atoms with E-state index in [0.29, 0.717) is 0 Å². The van der Waals surface area contributed by atoms with Crippen molar-refractivity contribution in [2.24, 2.45) is 5.92 Å². The number of anilines is 1. The second-order valence-corrected chi connectivity index (χ2v) is 10.3. The van der Waals surface area contributed by atoms with Crippen LogP contribution in [0.15, 0.2) is 5.51 Å². The minimum atomic E-state index is -0.0311. The Morgan fingerprint density at radius 3 is 2.65 bits per heavy atom. The summed E-state index contributed by atoms with van der Waals surface area (Å²) in [7, 11) is 0. The van der Waals surface area contributed by atoms with Gasteiger partial charge >= 0.3 is 0 Å². The van der Waals surface area contributed by atoms with Crippen LogP contribution in [-0.4, -0.2) is 45.4 Å². The lowest BCUT2D eigenvalue weighted by Gasteiger charge is -2.35. The van der Waals surface area contributed by atoms with Crippen molar-refractivity contribution in [3.63, 3.8) is 0 Å². The van der Waals surface area contributed by atoms with Gasteiger partial charge in [0.2, 0.25) is 0 Å². The van der Waals surface area contributed by atoms with Crippen molar-refractivity contribution in [3.05, 3.63) is 33.2 Å². The fraction of sp³-hybridized carbons (Fsp3) is 0.667. The minimum Gasteiger partial charge on any atom is -0.356 e. The molecule has 0 radical (unpaired) electrons. The molecular formula is C24H33N5OS. The van der Waals surface area contributed by atoms with Gasteiger partial charge in [-0.15, -0.1) is 11.3 Å². The van der Waals surface area contributed by atoms with Crippen molar-refractivity contribution in [3.8, 4) is 0 Å². The molecule has 1 amide bonds. The molecular weight excluding hydrogens is 406 g/mol. The lowest BCUT2D eigenvalue weighted by molar-refractivity contribution is 0.0733. The predicted molar refractivity (Wildman–Crippen MR) is 124 cm³/mol. The molecule has 1 atom stereocenters. The number of rotatable bonds is 4. The number of aryl methyl sites for hydroxylation is 2. The third-order valence-electron chi connectivity index (χ3n) is 7.32. The van der Waals surface area contributed by atoms with Gasteiger partial charge in [-0.2, -0.15) is 0 Å². The standard InChI is InChI=1S/C24H33N5OS/c1-16-19-10-6-12-28(14-18-8-4-3-5-9-18)23(19)27-22(26-16)20-11-7-13-29(20)24(30)21-17(2)25-15-31-21/h15,18,20H,3-14H2,1-2H3. The first-order valence-corrected chi connectivity index (χ1v) is 12.8. The Kier molecular flexibility index (Phi) is 5.95. The number of aromatic nitrogens is 3. The zero-order chi connectivity index (χ0) is 21.4. The highest BCUT2D eigenvalue weighted by Gasteiger charge is 2.35. The van der Waals surface area contributed by atoms with Crippen LogP contribution in [0.3, 0.4) is 0 Å². The maximum absolute atomic E-state index is 13.2. The third-order valence-corrected chi connectivity index (χ3v) is 8.24. The molecule has 1 aliphatic carbocycles. The Balaban J connectivity index is 1.43. The van der Waals surface area contributed by atoms with E-state index >= 15 is 0 Å². The Morgan fingerprint density at radius 2 is 1.87 bits per heavy atom. The molecule has 0 aromatic carbocycles. The monoisotopic (exact) mass is 439 g/mol. The van der Waals surface area contributed by atoms with Crippen LogP contribution in [-0.2, 0) is 6.42 Å². The summed E-state index contributed by atoms with van der Waals surface area (Å²) >= 11 is 1.44. The van der Waals surface area contributed by atoms with E-state index in [0.717, 1.165) is 72.7 Å². The van der Waals surface area contributed by atoms with Gasteiger partial charge in [0.1, 0.15) is 10.7 Å². The fourth-order valence-corrected chi connectivity index (χ4v) is 6.39. The molecule has 0 N–H and O–H groups in total. The van der Waals surface area contributed by atoms with E-state index in [4.69, 9.17) is 9.97 Å². The Morgan fingerprint density at radius 1 is 1.03 bits per heavy atom. The van der Waals surface area contributed by atoms with E-state index in [1.807, 2.05) is 11.8 Å². The summed E-state index contributed by atoms with van der Waals surface area (Å²) < 4.78 is 0. The average molecular weight is 440 g/mol. The summed E-state index contributed by atoms with van der Waals surface area (Å²) in [5.74, 6) is 2.85. The fourth-order valence-electron chi connectivity index (χ4n) is 5.63. The van der Waals surface area contributed by atoms with Gasteiger partial charge in [-0.25, -0.2) is 15.0 Å². The molecule has 1 saturated carbocycles. The van der Waals surface area contributed by atoms with Crippen LogP contribution < -0.4 is 4.90 Å². The molecule has 7 heteroatoms. The molecule has 2 aliphatic heterocycles. The topological polar surface area (TPSA) is 62.2 Å². The number of carbonyl (C=O) groups excluding carboxylic acids is 1. The van der Waals surface area contributed by atoms with Gasteiger partial charge < -0.3 is 9.80 Å². The summed E-state index contributed by atoms with van der Waals surface area (Å²) in [6.45, 7) is 7.02. The van der Waals surface area contributed by atoms with E-state index in [1.54, 1.807) is 5.51 Å². The van der Waals surface area contributed by atoms with Gasteiger partial charge in [-0.05, 0) is 58.3 Å². The minimum absolute atomic E-state index is 0.0311. The number of carbonyl (C=O) groups is 1. The van der Waals surface area contributed by atoms with Crippen LogP contribution in [0.2, 0.25) is 0 Å². The molecule has 3 aliphatic rings. The number of hydrogen-bond donors (Lipinski definition) is 0. The molecule has 4 heterocycles. The first kappa shape index (κ1) is 20.9. The molecule has 1 unspecified atom stereocenters. The van der Waals surface area contributed by atoms with Crippen molar-refractivity contribution in [1.82, 2.24) is 19.9 Å². The molecule has 2 fully saturated rings. The second-order valence-electron chi connectivity index (χ2n) is 9.45. The predicted octanol–water partition coefficient (Wildman–Crippen LogP) is 4.86. The normalized spacial score (nSPS) is 22.1. The number of nitrogens with zero attached hydrogens (tertiary/aromatic N) is 5. The number of hydrogen-bond acceptors (Lipinski definition) is 6. The van der Waals surface area contributed by atoms with E-state index < -0.39 is 0 Å². The highest BCUT2D eigenvalue weighted by Crippen LogP contribution is 2.36. The molecule has 166 valence electrons. The second kappa shape index (κ2) is 8.85. The molecule has 0 spiro atoms. The van der Waals surface area contributed by atoms with E-state index in [9.17, 15) is 4.79 Å². The van der Waals surface area contributed by atoms with Crippen molar-refractivity contribution < 1.29 is 4.79 Å². The van der Waals surface area contributed by atoms with Crippen LogP contribution in [0.25, 0.3) is 0 Å². The molecule has 2 aromatic heterocycles. The molecule has 31 heavy (non-hydrogen) atoms. The summed E-state index contributed by atoms with van der Waals surface area (Å²) in [5.41, 5.74) is 5.00. The molecule has 5 rings (SSSR count). The van der Waals surface area contributed by atoms with Gasteiger partial charge in [0.15, 0.2) is 5.82 Å². The quantitative estimate of drug-likeness (QED) is 0.681. The highest BCUT2D eigenvalue weighted by atomic mass is 32.1. The van der Waals surface area contributed by atoms with Gasteiger partial charge in [-0.3, -0.25) is 4.79 Å². The van der Waals surface area contributed by atoms with Crippen LogP contribution in [0.5, 0.6) is 0 Å². The molecule has 1 saturated heterocycles. The van der Waals surface area contributed by atoms with Gasteiger partial charge in [0.05, 0.1) is 17.2 Å². The Bertz CT molecular complexity index is 951. The molecule has 0 bridgehead atoms. The van der Waals surface area contributed by atoms with Crippen molar-refractivity contribution in [2.75, 3.05) is 24.5 Å². The van der Waals surface area contributed by atoms with Crippen LogP contribution in [0.1, 0.15) is 89.9 Å². The van der Waals surface area contributed by atoms with Crippen LogP contribution in [0, 0.1) is 19.8 Å². The number of thiazole rings is 1. The zero-order valence-electron chi connectivity index (χ0n) is 18.8. The number of fused-ring (bicyclic) bond motifs is 1. The Hall–Kier alpha value is -2.02. The highest BCUT2D eigenvalue weighted by molar-refractivity contribution is 7.11. The summed E-state index contributed by atoms with van der Waals surface area (Å²) in [6, 6.07) is -0.0311. The summed E-state index contributed by atoms with van der Waals surface area (Å²) in [5, 5.41) is 0. The van der Waals surface area contributed by atoms with Gasteiger partial charge in [-0.1, -0.05) is 19.3 Å². The van der Waals surface area contributed by atoms with Gasteiger partial charge in [0, 0.05) is 30.9 Å². The molecule has 2 aromatic rings. The van der Waals surface area contributed by atoms with E-state index in [-0.39, 0.29) is 11.9 Å². The Labute approximate surface area is 189 Å². The van der Waals surface area contributed by atoms with Crippen molar-refractivity contribution >= 4 is 23.1 Å². The third kappa shape index (κ3) is 4.09. The largest absolute Gasteiger partial charge is 0.356 e. The van der Waals surface area contributed by atoms with Crippen LogP contribution in [0.4, 0.5) is 5.82 Å². The summed E-state index contributed by atoms with van der Waals surface area (Å²) in [4.78, 5) is 32.9. The first-order valence-electron chi connectivity index (χ1n) is 11.9. The smallest absolute Gasteiger partial charge is 0.266 e. The zero-order valence-corrected chi connectivity index (χ0v) is 19.6. The lowest BCUT2D eigenvalue weighted by Crippen LogP contribution is -2.37. The van der Waals surface area contributed by atoms with Crippen molar-refractivity contribution in [2.45, 2.75) is 77.7 Å². The number of amides is 1. The van der Waals surface area contributed by atoms with Crippen LogP contribution >= 0.6 is 11.3 Å². The van der Waals surface area contributed by atoms with Gasteiger partial charge in [0.25, 0.3) is 5.91 Å². The maximum atomic E-state index is 13.2. The SMILES string of the molecule is Cc1ncsc1C(=O)N1CCCC1c1nc(C)c2c(n1)N(CC1CCCCC1)CCC2. The van der Waals surface area contributed by atoms with E-state index in [2.05, 4.69) is 16.8 Å². The van der Waals surface area contributed by atoms with Crippen molar-refractivity contribution in [1.29, 1.82) is 0 Å². The number of likely N-dealkylation sites (tertiary alicyclic amines) is 1. The lowest BCUT2D eigenvalue weighted by atomic mass is 9.88. The maximum Gasteiger partial charge on any atom is 0.266 e. The summed E-state index contributed by atoms with van der Waals surface area (Å²) in [6.07, 6.45) is 11.0. The first-order chi connectivity index (χ1) is 15.1. The molecule has 6 nitrogen and oxygen atoms in total.